The Morgan fingerprint density at radius 3 is 2.20 bits per heavy atom. The molecule has 0 aromatic carbocycles. The maximum absolute atomic E-state index is 9.97. The van der Waals surface area contributed by atoms with Gasteiger partial charge in [-0.3, -0.25) is 0 Å². The van der Waals surface area contributed by atoms with Gasteiger partial charge in [-0.15, -0.1) is 6.42 Å². The number of ether oxygens (including phenoxy) is 4. The molecule has 0 aliphatic carbocycles. The van der Waals surface area contributed by atoms with E-state index in [9.17, 15) is 5.11 Å². The molecule has 1 N–H and O–H groups in total. The van der Waals surface area contributed by atoms with Crippen molar-refractivity contribution < 1.29 is 24.1 Å². The highest BCUT2D eigenvalue weighted by Crippen LogP contribution is 2.39. The van der Waals surface area contributed by atoms with Crippen molar-refractivity contribution in [3.63, 3.8) is 0 Å². The van der Waals surface area contributed by atoms with Gasteiger partial charge in [0.1, 0.15) is 24.4 Å². The minimum atomic E-state index is -1.04. The van der Waals surface area contributed by atoms with Crippen LogP contribution in [0.1, 0.15) is 27.7 Å². The Morgan fingerprint density at radius 1 is 1.10 bits per heavy atom. The summed E-state index contributed by atoms with van der Waals surface area (Å²) in [6.45, 7) is 7.31. The number of halogens is 1. The average Bonchev–Trinajstić information content (AvgIpc) is 2.84. The van der Waals surface area contributed by atoms with E-state index >= 15 is 0 Å². The molecule has 0 amide bonds. The molecule has 0 aromatic heterocycles. The summed E-state index contributed by atoms with van der Waals surface area (Å²) in [5.74, 6) is 0.819. The molecule has 0 spiro atoms. The Kier molecular flexibility index (Phi) is 4.70. The fourth-order valence-electron chi connectivity index (χ4n) is 2.67. The standard InChI is InChI=1S/C14H21IO5/c1-6-8(16)10-12(20-14(4,5)18-10)11-9(7-15)17-13(2,3)19-11/h1,8-12,16H,7H2,2-5H3/t8-,9+,10-,11+,12+/m0/s1. The van der Waals surface area contributed by atoms with Crippen LogP contribution in [0.5, 0.6) is 0 Å². The van der Waals surface area contributed by atoms with Crippen molar-refractivity contribution in [2.24, 2.45) is 0 Å². The molecule has 20 heavy (non-hydrogen) atoms. The second-order valence-corrected chi connectivity index (χ2v) is 6.85. The lowest BCUT2D eigenvalue weighted by Crippen LogP contribution is -2.46. The van der Waals surface area contributed by atoms with Crippen LogP contribution in [-0.4, -0.2) is 51.6 Å². The number of hydrogen-bond donors (Lipinski definition) is 1. The average molecular weight is 396 g/mol. The zero-order chi connectivity index (χ0) is 15.1. The van der Waals surface area contributed by atoms with E-state index in [0.717, 1.165) is 4.43 Å². The van der Waals surface area contributed by atoms with Gasteiger partial charge >= 0.3 is 0 Å². The minimum Gasteiger partial charge on any atom is -0.378 e. The fourth-order valence-corrected chi connectivity index (χ4v) is 3.35. The monoisotopic (exact) mass is 396 g/mol. The Labute approximate surface area is 133 Å². The molecule has 5 atom stereocenters. The van der Waals surface area contributed by atoms with Gasteiger partial charge in [-0.1, -0.05) is 28.5 Å². The van der Waals surface area contributed by atoms with Crippen LogP contribution in [0.25, 0.3) is 0 Å². The van der Waals surface area contributed by atoms with Crippen LogP contribution in [0.15, 0.2) is 0 Å². The van der Waals surface area contributed by atoms with Gasteiger partial charge in [0.15, 0.2) is 11.6 Å². The maximum Gasteiger partial charge on any atom is 0.164 e. The Balaban J connectivity index is 2.23. The smallest absolute Gasteiger partial charge is 0.164 e. The Bertz CT molecular complexity index is 403. The molecule has 2 aliphatic rings. The Morgan fingerprint density at radius 2 is 1.65 bits per heavy atom. The van der Waals surface area contributed by atoms with Gasteiger partial charge in [-0.05, 0) is 27.7 Å². The summed E-state index contributed by atoms with van der Waals surface area (Å²) < 4.78 is 24.2. The van der Waals surface area contributed by atoms with Gasteiger partial charge in [-0.25, -0.2) is 0 Å². The van der Waals surface area contributed by atoms with Crippen molar-refractivity contribution in [1.82, 2.24) is 0 Å². The SMILES string of the molecule is C#C[C@H](O)[C@@H]1OC(C)(C)O[C@H]1[C@@H]1OC(C)(C)O[C@@H]1CI. The molecule has 2 saturated heterocycles. The molecule has 2 rings (SSSR count). The first-order chi connectivity index (χ1) is 9.19. The van der Waals surface area contributed by atoms with Gasteiger partial charge < -0.3 is 24.1 Å². The molecule has 5 nitrogen and oxygen atoms in total. The van der Waals surface area contributed by atoms with Crippen LogP contribution in [0.4, 0.5) is 0 Å². The van der Waals surface area contributed by atoms with Crippen LogP contribution < -0.4 is 0 Å². The third-order valence-electron chi connectivity index (χ3n) is 3.34. The molecule has 2 aliphatic heterocycles. The summed E-state index contributed by atoms with van der Waals surface area (Å²) in [5, 5.41) is 9.97. The lowest BCUT2D eigenvalue weighted by Gasteiger charge is -2.26. The van der Waals surface area contributed by atoms with Gasteiger partial charge in [0.05, 0.1) is 6.10 Å². The fraction of sp³-hybridized carbons (Fsp3) is 0.857. The van der Waals surface area contributed by atoms with E-state index in [1.807, 2.05) is 13.8 Å². The van der Waals surface area contributed by atoms with Gasteiger partial charge in [0.25, 0.3) is 0 Å². The maximum atomic E-state index is 9.97. The number of alkyl halides is 1. The molecule has 0 saturated carbocycles. The highest BCUT2D eigenvalue weighted by molar-refractivity contribution is 14.1. The number of terminal acetylenes is 1. The quantitative estimate of drug-likeness (QED) is 0.445. The Hall–Kier alpha value is 0.0900. The molecule has 2 heterocycles. The van der Waals surface area contributed by atoms with Crippen molar-refractivity contribution in [3.8, 4) is 12.3 Å². The highest BCUT2D eigenvalue weighted by Gasteiger charge is 2.54. The highest BCUT2D eigenvalue weighted by atomic mass is 127. The van der Waals surface area contributed by atoms with Crippen LogP contribution in [0.3, 0.4) is 0 Å². The zero-order valence-corrected chi connectivity index (χ0v) is 14.3. The number of hydrogen-bond acceptors (Lipinski definition) is 5. The summed E-state index contributed by atoms with van der Waals surface area (Å²) in [5.41, 5.74) is 0. The number of rotatable bonds is 3. The predicted octanol–water partition coefficient (Wildman–Crippen LogP) is 1.46. The van der Waals surface area contributed by atoms with Crippen LogP contribution in [-0.2, 0) is 18.9 Å². The molecule has 6 heteroatoms. The second-order valence-electron chi connectivity index (χ2n) is 5.97. The lowest BCUT2D eigenvalue weighted by molar-refractivity contribution is -0.175. The molecule has 0 radical (unpaired) electrons. The normalized spacial score (nSPS) is 40.5. The van der Waals surface area contributed by atoms with E-state index in [0.29, 0.717) is 0 Å². The van der Waals surface area contributed by atoms with E-state index in [-0.39, 0.29) is 12.2 Å². The number of aliphatic hydroxyl groups excluding tert-OH is 1. The van der Waals surface area contributed by atoms with Crippen molar-refractivity contribution in [3.05, 3.63) is 0 Å². The minimum absolute atomic E-state index is 0.124. The topological polar surface area (TPSA) is 57.2 Å². The summed E-state index contributed by atoms with van der Waals surface area (Å²) in [7, 11) is 0. The number of aliphatic hydroxyl groups is 1. The van der Waals surface area contributed by atoms with E-state index in [4.69, 9.17) is 25.4 Å². The summed E-state index contributed by atoms with van der Waals surface area (Å²) in [4.78, 5) is 0. The van der Waals surface area contributed by atoms with E-state index in [1.165, 1.54) is 0 Å². The summed E-state index contributed by atoms with van der Waals surface area (Å²) in [6, 6.07) is 0. The summed E-state index contributed by atoms with van der Waals surface area (Å²) >= 11 is 2.25. The molecule has 0 aromatic rings. The van der Waals surface area contributed by atoms with Crippen molar-refractivity contribution in [1.29, 1.82) is 0 Å². The van der Waals surface area contributed by atoms with E-state index in [2.05, 4.69) is 28.5 Å². The third-order valence-corrected chi connectivity index (χ3v) is 4.21. The molecule has 0 bridgehead atoms. The van der Waals surface area contributed by atoms with Crippen LogP contribution >= 0.6 is 22.6 Å². The first kappa shape index (κ1) is 16.5. The first-order valence-electron chi connectivity index (χ1n) is 6.60. The predicted molar refractivity (Wildman–Crippen MR) is 81.4 cm³/mol. The van der Waals surface area contributed by atoms with E-state index < -0.39 is 29.9 Å². The zero-order valence-electron chi connectivity index (χ0n) is 12.1. The van der Waals surface area contributed by atoms with Gasteiger partial charge in [0.2, 0.25) is 0 Å². The van der Waals surface area contributed by atoms with Crippen molar-refractivity contribution in [2.45, 2.75) is 69.8 Å². The molecule has 114 valence electrons. The largest absolute Gasteiger partial charge is 0.378 e. The van der Waals surface area contributed by atoms with Gasteiger partial charge in [0, 0.05) is 4.43 Å². The molecule has 0 unspecified atom stereocenters. The lowest BCUT2D eigenvalue weighted by atomic mass is 10.0. The van der Waals surface area contributed by atoms with Crippen molar-refractivity contribution >= 4 is 22.6 Å². The van der Waals surface area contributed by atoms with Gasteiger partial charge in [-0.2, -0.15) is 0 Å². The first-order valence-corrected chi connectivity index (χ1v) is 8.13. The molecular weight excluding hydrogens is 375 g/mol. The van der Waals surface area contributed by atoms with Crippen LogP contribution in [0, 0.1) is 12.3 Å². The second kappa shape index (κ2) is 5.71. The van der Waals surface area contributed by atoms with Crippen LogP contribution in [0.2, 0.25) is 0 Å². The molecular formula is C14H21IO5. The third kappa shape index (κ3) is 3.29. The summed E-state index contributed by atoms with van der Waals surface area (Å²) in [6.07, 6.45) is 2.74. The van der Waals surface area contributed by atoms with Crippen molar-refractivity contribution in [2.75, 3.05) is 4.43 Å². The van der Waals surface area contributed by atoms with E-state index in [1.54, 1.807) is 13.8 Å². The molecule has 2 fully saturated rings.